The molecular weight excluding hydrogens is 762 g/mol. The highest BCUT2D eigenvalue weighted by molar-refractivity contribution is 8.00. The summed E-state index contributed by atoms with van der Waals surface area (Å²) in [6, 6.07) is 32.2. The smallest absolute Gasteiger partial charge is 0.341 e. The van der Waals surface area contributed by atoms with E-state index in [2.05, 4.69) is 36.7 Å². The van der Waals surface area contributed by atoms with Gasteiger partial charge in [-0.15, -0.1) is 23.1 Å². The number of amides is 3. The Labute approximate surface area is 341 Å². The molecule has 56 heavy (non-hydrogen) atoms. The first-order valence-corrected chi connectivity index (χ1v) is 20.6. The first kappa shape index (κ1) is 40.5. The molecule has 0 saturated carbocycles. The Bertz CT molecular complexity index is 2230. The zero-order valence-corrected chi connectivity index (χ0v) is 34.1. The van der Waals surface area contributed by atoms with Crippen molar-refractivity contribution in [1.82, 2.24) is 5.32 Å². The van der Waals surface area contributed by atoms with Crippen LogP contribution in [0.5, 0.6) is 0 Å². The summed E-state index contributed by atoms with van der Waals surface area (Å²) >= 11 is 8.88. The number of thioether (sulfide) groups is 1. The van der Waals surface area contributed by atoms with Crippen LogP contribution in [0.1, 0.15) is 81.6 Å². The quantitative estimate of drug-likeness (QED) is 0.0657. The van der Waals surface area contributed by atoms with Gasteiger partial charge in [0, 0.05) is 26.0 Å². The van der Waals surface area contributed by atoms with Crippen molar-refractivity contribution in [1.29, 1.82) is 0 Å². The van der Waals surface area contributed by atoms with Crippen LogP contribution in [0.2, 0.25) is 5.02 Å². The first-order chi connectivity index (χ1) is 26.9. The first-order valence-electron chi connectivity index (χ1n) is 18.5. The molecule has 2 unspecified atom stereocenters. The van der Waals surface area contributed by atoms with Gasteiger partial charge in [-0.05, 0) is 103 Å². The Hall–Kier alpha value is -5.16. The van der Waals surface area contributed by atoms with Gasteiger partial charge < -0.3 is 20.7 Å². The molecule has 288 valence electrons. The van der Waals surface area contributed by atoms with Crippen LogP contribution in [0.4, 0.5) is 10.7 Å². The van der Waals surface area contributed by atoms with Gasteiger partial charge in [-0.3, -0.25) is 14.4 Å². The lowest BCUT2D eigenvalue weighted by Gasteiger charge is -2.33. The second kappa shape index (κ2) is 18.2. The van der Waals surface area contributed by atoms with Gasteiger partial charge >= 0.3 is 5.97 Å². The van der Waals surface area contributed by atoms with Gasteiger partial charge in [0.1, 0.15) is 15.9 Å². The highest BCUT2D eigenvalue weighted by Gasteiger charge is 2.35. The molecule has 11 heteroatoms. The van der Waals surface area contributed by atoms with Crippen LogP contribution in [0, 0.1) is 11.3 Å². The predicted octanol–water partition coefficient (Wildman–Crippen LogP) is 10.6. The molecule has 5 aromatic rings. The molecule has 1 aliphatic carbocycles. The summed E-state index contributed by atoms with van der Waals surface area (Å²) in [7, 11) is 0. The number of fused-ring (bicyclic) bond motifs is 1. The highest BCUT2D eigenvalue weighted by Crippen LogP contribution is 2.45. The molecule has 1 heterocycles. The number of carbonyl (C=O) groups excluding carboxylic acids is 4. The molecule has 0 bridgehead atoms. The molecular formula is C45H44ClN3O5S2. The van der Waals surface area contributed by atoms with E-state index in [0.29, 0.717) is 43.2 Å². The van der Waals surface area contributed by atoms with E-state index in [1.54, 1.807) is 79.7 Å². The molecule has 1 aliphatic rings. The van der Waals surface area contributed by atoms with Crippen LogP contribution >= 0.6 is 34.7 Å². The normalized spacial score (nSPS) is 14.6. The number of ether oxygens (including phenoxy) is 1. The maximum Gasteiger partial charge on any atom is 0.341 e. The molecule has 3 amide bonds. The molecule has 0 spiro atoms. The number of anilines is 2. The fraction of sp³-hybridized carbons (Fsp3) is 0.244. The third-order valence-corrected chi connectivity index (χ3v) is 12.3. The van der Waals surface area contributed by atoms with Gasteiger partial charge in [-0.25, -0.2) is 4.79 Å². The van der Waals surface area contributed by atoms with Crippen LogP contribution in [-0.2, 0) is 27.2 Å². The largest absolute Gasteiger partial charge is 0.462 e. The van der Waals surface area contributed by atoms with Crippen molar-refractivity contribution in [3.05, 3.63) is 153 Å². The summed E-state index contributed by atoms with van der Waals surface area (Å²) in [6.07, 6.45) is 4.13. The van der Waals surface area contributed by atoms with E-state index in [1.165, 1.54) is 23.1 Å². The topological polar surface area (TPSA) is 114 Å². The molecule has 2 atom stereocenters. The van der Waals surface area contributed by atoms with E-state index in [-0.39, 0.29) is 23.6 Å². The SMILES string of the molecule is CCOC(=O)c1c(NC(=O)C(Sc2cccc(NC(=O)/C(=C\c3ccc(Cl)cc3)NC(=O)c3ccccc3)c2)c2ccccc2)sc2c1CCC(C(C)(C)C)C2. The molecule has 6 rings (SSSR count). The van der Waals surface area contributed by atoms with Crippen LogP contribution in [-0.4, -0.2) is 30.3 Å². The minimum atomic E-state index is -0.704. The van der Waals surface area contributed by atoms with Gasteiger partial charge in [-0.1, -0.05) is 99.1 Å². The lowest BCUT2D eigenvalue weighted by Crippen LogP contribution is -2.30. The van der Waals surface area contributed by atoms with Crippen molar-refractivity contribution in [3.63, 3.8) is 0 Å². The second-order valence-electron chi connectivity index (χ2n) is 14.5. The maximum absolute atomic E-state index is 14.3. The Kier molecular flexibility index (Phi) is 13.2. The van der Waals surface area contributed by atoms with Crippen molar-refractivity contribution in [3.8, 4) is 0 Å². The molecule has 0 radical (unpaired) electrons. The zero-order chi connectivity index (χ0) is 39.8. The maximum atomic E-state index is 14.3. The average molecular weight is 806 g/mol. The number of hydrogen-bond donors (Lipinski definition) is 3. The fourth-order valence-corrected chi connectivity index (χ4v) is 9.09. The molecule has 8 nitrogen and oxygen atoms in total. The van der Waals surface area contributed by atoms with Crippen molar-refractivity contribution in [2.24, 2.45) is 11.3 Å². The number of nitrogens with one attached hydrogen (secondary N) is 3. The Morgan fingerprint density at radius 2 is 1.61 bits per heavy atom. The predicted molar refractivity (Wildman–Crippen MR) is 227 cm³/mol. The monoisotopic (exact) mass is 805 g/mol. The summed E-state index contributed by atoms with van der Waals surface area (Å²) < 4.78 is 5.50. The third kappa shape index (κ3) is 10.2. The van der Waals surface area contributed by atoms with Gasteiger partial charge in [0.15, 0.2) is 0 Å². The van der Waals surface area contributed by atoms with Crippen LogP contribution in [0.15, 0.2) is 120 Å². The lowest BCUT2D eigenvalue weighted by atomic mass is 9.72. The van der Waals surface area contributed by atoms with Crippen molar-refractivity contribution < 1.29 is 23.9 Å². The van der Waals surface area contributed by atoms with E-state index in [1.807, 2.05) is 42.5 Å². The minimum absolute atomic E-state index is 0.0330. The average Bonchev–Trinajstić information content (AvgIpc) is 3.55. The number of rotatable bonds is 12. The van der Waals surface area contributed by atoms with Crippen molar-refractivity contribution in [2.45, 2.75) is 57.1 Å². The Balaban J connectivity index is 1.25. The van der Waals surface area contributed by atoms with E-state index < -0.39 is 23.0 Å². The summed E-state index contributed by atoms with van der Waals surface area (Å²) in [5, 5.41) is 9.15. The highest BCUT2D eigenvalue weighted by atomic mass is 35.5. The van der Waals surface area contributed by atoms with E-state index >= 15 is 0 Å². The zero-order valence-electron chi connectivity index (χ0n) is 31.7. The number of thiophene rings is 1. The summed E-state index contributed by atoms with van der Waals surface area (Å²) in [5.74, 6) is -1.23. The van der Waals surface area contributed by atoms with Gasteiger partial charge in [0.05, 0.1) is 12.2 Å². The minimum Gasteiger partial charge on any atom is -0.462 e. The molecule has 3 N–H and O–H groups in total. The number of carbonyl (C=O) groups is 4. The molecule has 0 saturated heterocycles. The van der Waals surface area contributed by atoms with Gasteiger partial charge in [0.25, 0.3) is 11.8 Å². The Morgan fingerprint density at radius 3 is 2.29 bits per heavy atom. The van der Waals surface area contributed by atoms with Crippen LogP contribution in [0.25, 0.3) is 6.08 Å². The van der Waals surface area contributed by atoms with Crippen molar-refractivity contribution in [2.75, 3.05) is 17.2 Å². The molecule has 0 aliphatic heterocycles. The van der Waals surface area contributed by atoms with Crippen LogP contribution in [0.3, 0.4) is 0 Å². The van der Waals surface area contributed by atoms with E-state index in [4.69, 9.17) is 16.3 Å². The molecule has 4 aromatic carbocycles. The molecule has 0 fully saturated rings. The number of hydrogen-bond acceptors (Lipinski definition) is 7. The number of benzene rings is 4. The van der Waals surface area contributed by atoms with Crippen molar-refractivity contribution >= 4 is 75.2 Å². The van der Waals surface area contributed by atoms with Gasteiger partial charge in [0.2, 0.25) is 5.91 Å². The van der Waals surface area contributed by atoms with Gasteiger partial charge in [-0.2, -0.15) is 0 Å². The number of halogens is 1. The number of esters is 1. The summed E-state index contributed by atoms with van der Waals surface area (Å²) in [6.45, 7) is 8.74. The summed E-state index contributed by atoms with van der Waals surface area (Å²) in [5.41, 5.74) is 3.88. The van der Waals surface area contributed by atoms with E-state index in [0.717, 1.165) is 35.3 Å². The standard InChI is InChI=1S/C45H44ClN3O5S2/c1-5-54-44(53)38-35-24-21-31(45(2,3)4)26-37(35)56-43(38)49-42(52)39(29-13-8-6-9-14-29)55-34-18-12-17-33(27-34)47-41(51)36(25-28-19-22-32(46)23-20-28)48-40(50)30-15-10-7-11-16-30/h6-20,22-23,25,27,31,39H,5,21,24,26H2,1-4H3,(H,47,51)(H,48,50)(H,49,52)/b36-25+. The third-order valence-electron chi connectivity index (χ3n) is 9.60. The van der Waals surface area contributed by atoms with E-state index in [9.17, 15) is 19.2 Å². The summed E-state index contributed by atoms with van der Waals surface area (Å²) in [4.78, 5) is 56.5. The van der Waals surface area contributed by atoms with Crippen LogP contribution < -0.4 is 16.0 Å². The fourth-order valence-electron chi connectivity index (χ4n) is 6.56. The molecule has 1 aromatic heterocycles. The Morgan fingerprint density at radius 1 is 0.911 bits per heavy atom. The second-order valence-corrected chi connectivity index (χ2v) is 17.3. The lowest BCUT2D eigenvalue weighted by molar-refractivity contribution is -0.116.